The standard InChI is InChI=1S/C18H24N2O2S/c1-2-3-9-16(18(21)22)19-12-15-13-20-17(23-15)11-10-14-7-5-4-6-8-14/h4-8,13,16,19H,2-3,9-12H2,1H3,(H,21,22). The van der Waals surface area contributed by atoms with Gasteiger partial charge in [0.2, 0.25) is 0 Å². The minimum Gasteiger partial charge on any atom is -0.480 e. The van der Waals surface area contributed by atoms with Crippen molar-refractivity contribution >= 4 is 17.3 Å². The van der Waals surface area contributed by atoms with E-state index in [1.165, 1.54) is 5.56 Å². The molecule has 5 heteroatoms. The molecule has 2 rings (SSSR count). The number of aryl methyl sites for hydroxylation is 2. The van der Waals surface area contributed by atoms with Crippen LogP contribution >= 0.6 is 11.3 Å². The summed E-state index contributed by atoms with van der Waals surface area (Å²) in [5.41, 5.74) is 1.31. The van der Waals surface area contributed by atoms with Crippen LogP contribution in [0, 0.1) is 0 Å². The van der Waals surface area contributed by atoms with Crippen LogP contribution in [0.15, 0.2) is 36.5 Å². The molecular weight excluding hydrogens is 308 g/mol. The van der Waals surface area contributed by atoms with Gasteiger partial charge in [-0.05, 0) is 18.4 Å². The highest BCUT2D eigenvalue weighted by atomic mass is 32.1. The van der Waals surface area contributed by atoms with Crippen LogP contribution < -0.4 is 5.32 Å². The summed E-state index contributed by atoms with van der Waals surface area (Å²) >= 11 is 1.66. The van der Waals surface area contributed by atoms with Gasteiger partial charge in [-0.3, -0.25) is 10.1 Å². The van der Waals surface area contributed by atoms with Crippen LogP contribution in [-0.2, 0) is 24.2 Å². The number of carbonyl (C=O) groups is 1. The maximum atomic E-state index is 11.2. The molecule has 0 bridgehead atoms. The van der Waals surface area contributed by atoms with E-state index in [-0.39, 0.29) is 0 Å². The molecule has 1 aromatic carbocycles. The molecule has 0 radical (unpaired) electrons. The maximum absolute atomic E-state index is 11.2. The fourth-order valence-corrected chi connectivity index (χ4v) is 3.26. The Hall–Kier alpha value is -1.72. The average Bonchev–Trinajstić information content (AvgIpc) is 3.01. The Bertz CT molecular complexity index is 598. The Morgan fingerprint density at radius 3 is 2.78 bits per heavy atom. The summed E-state index contributed by atoms with van der Waals surface area (Å²) in [6, 6.07) is 9.91. The third kappa shape index (κ3) is 6.12. The first kappa shape index (κ1) is 17.6. The van der Waals surface area contributed by atoms with Gasteiger partial charge in [0.1, 0.15) is 6.04 Å². The number of nitrogens with zero attached hydrogens (tertiary/aromatic N) is 1. The number of unbranched alkanes of at least 4 members (excludes halogenated alkanes) is 1. The topological polar surface area (TPSA) is 62.2 Å². The highest BCUT2D eigenvalue weighted by molar-refractivity contribution is 7.11. The number of aliphatic carboxylic acids is 1. The smallest absolute Gasteiger partial charge is 0.320 e. The summed E-state index contributed by atoms with van der Waals surface area (Å²) in [6.45, 7) is 2.64. The van der Waals surface area contributed by atoms with Gasteiger partial charge in [0.25, 0.3) is 0 Å². The lowest BCUT2D eigenvalue weighted by Gasteiger charge is -2.12. The molecule has 0 amide bonds. The number of rotatable bonds is 10. The Labute approximate surface area is 141 Å². The summed E-state index contributed by atoms with van der Waals surface area (Å²) < 4.78 is 0. The molecule has 2 N–H and O–H groups in total. The SMILES string of the molecule is CCCCC(NCc1cnc(CCc2ccccc2)s1)C(=O)O. The lowest BCUT2D eigenvalue weighted by atomic mass is 10.1. The van der Waals surface area contributed by atoms with Gasteiger partial charge in [0.05, 0.1) is 5.01 Å². The lowest BCUT2D eigenvalue weighted by Crippen LogP contribution is -2.35. The van der Waals surface area contributed by atoms with Crippen LogP contribution in [0.1, 0.15) is 41.6 Å². The van der Waals surface area contributed by atoms with E-state index >= 15 is 0 Å². The van der Waals surface area contributed by atoms with Crippen LogP contribution in [0.25, 0.3) is 0 Å². The van der Waals surface area contributed by atoms with E-state index in [9.17, 15) is 9.90 Å². The van der Waals surface area contributed by atoms with Crippen LogP contribution in [0.5, 0.6) is 0 Å². The molecule has 1 aromatic heterocycles. The van der Waals surface area contributed by atoms with Gasteiger partial charge in [-0.15, -0.1) is 11.3 Å². The second-order valence-corrected chi connectivity index (χ2v) is 6.82. The molecule has 0 aliphatic heterocycles. The van der Waals surface area contributed by atoms with Gasteiger partial charge in [0.15, 0.2) is 0 Å². The second kappa shape index (κ2) is 9.43. The molecular formula is C18H24N2O2S. The first-order chi connectivity index (χ1) is 11.2. The van der Waals surface area contributed by atoms with E-state index in [4.69, 9.17) is 0 Å². The molecule has 124 valence electrons. The van der Waals surface area contributed by atoms with Crippen molar-refractivity contribution in [1.29, 1.82) is 0 Å². The quantitative estimate of drug-likeness (QED) is 0.697. The van der Waals surface area contributed by atoms with Crippen LogP contribution in [0.2, 0.25) is 0 Å². The fraction of sp³-hybridized carbons (Fsp3) is 0.444. The van der Waals surface area contributed by atoms with Crippen molar-refractivity contribution in [1.82, 2.24) is 10.3 Å². The second-order valence-electron chi connectivity index (χ2n) is 5.62. The maximum Gasteiger partial charge on any atom is 0.320 e. The molecule has 0 fully saturated rings. The predicted octanol–water partition coefficient (Wildman–Crippen LogP) is 3.66. The molecule has 2 aromatic rings. The third-order valence-electron chi connectivity index (χ3n) is 3.74. The van der Waals surface area contributed by atoms with Crippen molar-refractivity contribution in [3.8, 4) is 0 Å². The zero-order chi connectivity index (χ0) is 16.5. The number of carboxylic acid groups (broad SMARTS) is 1. The highest BCUT2D eigenvalue weighted by Gasteiger charge is 2.16. The minimum atomic E-state index is -0.771. The van der Waals surface area contributed by atoms with Crippen molar-refractivity contribution in [3.63, 3.8) is 0 Å². The Morgan fingerprint density at radius 2 is 2.09 bits per heavy atom. The highest BCUT2D eigenvalue weighted by Crippen LogP contribution is 2.16. The molecule has 0 aliphatic rings. The van der Waals surface area contributed by atoms with Crippen LogP contribution in [0.3, 0.4) is 0 Å². The number of hydrogen-bond donors (Lipinski definition) is 2. The number of hydrogen-bond acceptors (Lipinski definition) is 4. The fourth-order valence-electron chi connectivity index (χ4n) is 2.39. The van der Waals surface area contributed by atoms with Crippen molar-refractivity contribution < 1.29 is 9.90 Å². The average molecular weight is 332 g/mol. The van der Waals surface area contributed by atoms with Crippen molar-refractivity contribution in [2.75, 3.05) is 0 Å². The molecule has 0 saturated carbocycles. The Kier molecular flexibility index (Phi) is 7.23. The molecule has 0 saturated heterocycles. The number of thiazole rings is 1. The minimum absolute atomic E-state index is 0.468. The molecule has 0 aliphatic carbocycles. The van der Waals surface area contributed by atoms with E-state index in [0.717, 1.165) is 35.6 Å². The van der Waals surface area contributed by atoms with Crippen LogP contribution in [-0.4, -0.2) is 22.1 Å². The van der Waals surface area contributed by atoms with E-state index in [0.29, 0.717) is 13.0 Å². The number of carboxylic acids is 1. The van der Waals surface area contributed by atoms with E-state index in [2.05, 4.69) is 41.5 Å². The first-order valence-corrected chi connectivity index (χ1v) is 8.94. The van der Waals surface area contributed by atoms with Gasteiger partial charge in [-0.2, -0.15) is 0 Å². The van der Waals surface area contributed by atoms with E-state index in [1.807, 2.05) is 12.3 Å². The molecule has 1 unspecified atom stereocenters. The summed E-state index contributed by atoms with van der Waals surface area (Å²) in [5, 5.41) is 13.4. The molecule has 1 atom stereocenters. The molecule has 23 heavy (non-hydrogen) atoms. The molecule has 0 spiro atoms. The predicted molar refractivity (Wildman–Crippen MR) is 93.8 cm³/mol. The van der Waals surface area contributed by atoms with E-state index < -0.39 is 12.0 Å². The number of aromatic nitrogens is 1. The first-order valence-electron chi connectivity index (χ1n) is 8.12. The van der Waals surface area contributed by atoms with Crippen molar-refractivity contribution in [2.45, 2.75) is 51.6 Å². The van der Waals surface area contributed by atoms with E-state index in [1.54, 1.807) is 11.3 Å². The number of nitrogens with one attached hydrogen (secondary N) is 1. The van der Waals surface area contributed by atoms with Gasteiger partial charge in [0, 0.05) is 24.0 Å². The number of benzene rings is 1. The summed E-state index contributed by atoms with van der Waals surface area (Å²) in [6.07, 6.45) is 6.37. The largest absolute Gasteiger partial charge is 0.480 e. The van der Waals surface area contributed by atoms with Crippen molar-refractivity contribution in [3.05, 3.63) is 52.0 Å². The van der Waals surface area contributed by atoms with Crippen LogP contribution in [0.4, 0.5) is 0 Å². The summed E-state index contributed by atoms with van der Waals surface area (Å²) in [4.78, 5) is 16.8. The molecule has 4 nitrogen and oxygen atoms in total. The summed E-state index contributed by atoms with van der Waals surface area (Å²) in [7, 11) is 0. The monoisotopic (exact) mass is 332 g/mol. The van der Waals surface area contributed by atoms with Gasteiger partial charge in [-0.1, -0.05) is 50.1 Å². The van der Waals surface area contributed by atoms with Crippen molar-refractivity contribution in [2.24, 2.45) is 0 Å². The van der Waals surface area contributed by atoms with Gasteiger partial charge in [-0.25, -0.2) is 4.98 Å². The summed E-state index contributed by atoms with van der Waals surface area (Å²) in [5.74, 6) is -0.771. The van der Waals surface area contributed by atoms with Gasteiger partial charge >= 0.3 is 5.97 Å². The lowest BCUT2D eigenvalue weighted by molar-refractivity contribution is -0.139. The molecule has 1 heterocycles. The zero-order valence-electron chi connectivity index (χ0n) is 13.5. The third-order valence-corrected chi connectivity index (χ3v) is 4.80. The zero-order valence-corrected chi connectivity index (χ0v) is 14.3. The Morgan fingerprint density at radius 1 is 1.30 bits per heavy atom. The Balaban J connectivity index is 1.80. The normalized spacial score (nSPS) is 12.2. The van der Waals surface area contributed by atoms with Gasteiger partial charge < -0.3 is 5.11 Å².